The number of phosphoric acid groups is 3. The van der Waals surface area contributed by atoms with E-state index < -0.39 is 59.9 Å². The minimum atomic E-state index is -5.78. The normalized spacial score (nSPS) is 30.0. The zero-order chi connectivity index (χ0) is 24.5. The van der Waals surface area contributed by atoms with Crippen LogP contribution in [-0.4, -0.2) is 70.7 Å². The van der Waals surface area contributed by atoms with E-state index >= 15 is 0 Å². The van der Waals surface area contributed by atoms with Gasteiger partial charge in [0.25, 0.3) is 0 Å². The molecule has 1 aliphatic rings. The summed E-state index contributed by atoms with van der Waals surface area (Å²) in [5, 5.41) is 10.4. The van der Waals surface area contributed by atoms with Crippen molar-refractivity contribution >= 4 is 41.0 Å². The van der Waals surface area contributed by atoms with Crippen LogP contribution in [0.25, 0.3) is 0 Å². The second kappa shape index (κ2) is 9.88. The van der Waals surface area contributed by atoms with E-state index in [-0.39, 0.29) is 11.6 Å². The Kier molecular flexibility index (Phi) is 8.50. The highest BCUT2D eigenvalue weighted by molar-refractivity contribution is 7.98. The van der Waals surface area contributed by atoms with Crippen molar-refractivity contribution in [3.63, 3.8) is 0 Å². The number of alkyl halides is 1. The van der Waals surface area contributed by atoms with Crippen LogP contribution in [0, 0.1) is 0 Å². The van der Waals surface area contributed by atoms with Gasteiger partial charge in [-0.05, 0) is 12.3 Å². The first kappa shape index (κ1) is 27.5. The first-order valence-corrected chi connectivity index (χ1v) is 14.0. The number of rotatable bonds is 10. The van der Waals surface area contributed by atoms with Crippen molar-refractivity contribution in [3.05, 3.63) is 22.7 Å². The predicted octanol–water partition coefficient (Wildman–Crippen LogP) is -0.502. The Labute approximate surface area is 182 Å². The van der Waals surface area contributed by atoms with Crippen molar-refractivity contribution in [3.8, 4) is 0 Å². The molecule has 0 aromatic carbocycles. The van der Waals surface area contributed by atoms with Gasteiger partial charge >= 0.3 is 29.2 Å². The number of hydrogen-bond acceptors (Lipinski definition) is 12. The summed E-state index contributed by atoms with van der Waals surface area (Å²) in [7, 11) is -17.0. The molecule has 16 nitrogen and oxygen atoms in total. The van der Waals surface area contributed by atoms with E-state index in [1.165, 1.54) is 6.26 Å². The van der Waals surface area contributed by atoms with Gasteiger partial charge < -0.3 is 35.2 Å². The standard InChI is InChI=1S/C11H19FN3O13P3S/c1-32-5-11(4-25-30(21,22)28-31(23,24)27-29(18,19)20)8(16)7(12)9(26-11)15-3-2-6(13)14-10(15)17/h2-3,7-9,16H,4-5H2,1H3,(H,21,22)(H,23,24)(H2,13,14,17)(H2,18,19,20)/t7-,8+,9-,11+/m1/s1. The first-order valence-electron chi connectivity index (χ1n) is 8.13. The van der Waals surface area contributed by atoms with E-state index in [9.17, 15) is 37.8 Å². The van der Waals surface area contributed by atoms with E-state index in [2.05, 4.69) is 18.1 Å². The molecule has 2 heterocycles. The van der Waals surface area contributed by atoms with Crippen LogP contribution in [0.2, 0.25) is 0 Å². The lowest BCUT2D eigenvalue weighted by atomic mass is 9.99. The van der Waals surface area contributed by atoms with E-state index in [0.717, 1.165) is 24.0 Å². The Bertz CT molecular complexity index is 1040. The van der Waals surface area contributed by atoms with Gasteiger partial charge in [0.15, 0.2) is 12.4 Å². The highest BCUT2D eigenvalue weighted by Gasteiger charge is 2.57. The highest BCUT2D eigenvalue weighted by Crippen LogP contribution is 2.66. The summed E-state index contributed by atoms with van der Waals surface area (Å²) in [5.41, 5.74) is 2.28. The quantitative estimate of drug-likeness (QED) is 0.203. The van der Waals surface area contributed by atoms with Crippen LogP contribution >= 0.6 is 35.2 Å². The van der Waals surface area contributed by atoms with Gasteiger partial charge in [0.2, 0.25) is 0 Å². The number of nitrogen functional groups attached to an aromatic ring is 1. The molecule has 0 radical (unpaired) electrons. The summed E-state index contributed by atoms with van der Waals surface area (Å²) in [6.45, 7) is -1.12. The number of aliphatic hydroxyl groups is 1. The van der Waals surface area contributed by atoms with Crippen molar-refractivity contribution < 1.29 is 60.6 Å². The van der Waals surface area contributed by atoms with E-state index in [1.807, 2.05) is 0 Å². The minimum Gasteiger partial charge on any atom is -0.387 e. The Morgan fingerprint density at radius 2 is 1.91 bits per heavy atom. The fourth-order valence-electron chi connectivity index (χ4n) is 2.67. The van der Waals surface area contributed by atoms with Gasteiger partial charge in [-0.1, -0.05) is 0 Å². The number of anilines is 1. The fraction of sp³-hybridized carbons (Fsp3) is 0.636. The lowest BCUT2D eigenvalue weighted by Gasteiger charge is -2.31. The third-order valence-electron chi connectivity index (χ3n) is 3.87. The number of nitrogens with zero attached hydrogens (tertiary/aromatic N) is 2. The van der Waals surface area contributed by atoms with Gasteiger partial charge in [-0.3, -0.25) is 9.09 Å². The largest absolute Gasteiger partial charge is 0.490 e. The Hall–Kier alpha value is -0.710. The van der Waals surface area contributed by atoms with Gasteiger partial charge in [-0.2, -0.15) is 25.4 Å². The number of aromatic nitrogens is 2. The number of phosphoric ester groups is 1. The molecule has 2 rings (SSSR count). The third kappa shape index (κ3) is 6.90. The smallest absolute Gasteiger partial charge is 0.387 e. The van der Waals surface area contributed by atoms with Crippen molar-refractivity contribution in [1.82, 2.24) is 9.55 Å². The summed E-state index contributed by atoms with van der Waals surface area (Å²) >= 11 is 0.980. The third-order valence-corrected chi connectivity index (χ3v) is 8.43. The number of ether oxygens (including phenoxy) is 1. The number of thioether (sulfide) groups is 1. The summed E-state index contributed by atoms with van der Waals surface area (Å²) in [4.78, 5) is 51.3. The van der Waals surface area contributed by atoms with Crippen molar-refractivity contribution in [1.29, 1.82) is 0 Å². The molecule has 0 amide bonds. The fourth-order valence-corrected chi connectivity index (χ4v) is 6.56. The minimum absolute atomic E-state index is 0.164. The molecule has 21 heteroatoms. The maximum atomic E-state index is 14.8. The molecule has 184 valence electrons. The van der Waals surface area contributed by atoms with Gasteiger partial charge in [0, 0.05) is 11.9 Å². The topological polar surface area (TPSA) is 250 Å². The SMILES string of the molecule is CSC[C@]1(COP(=O)(O)OP(=O)(O)OP(=O)(O)O)O[C@@H](n2ccc(N)nc2=O)[C@H](F)[C@@H]1O. The zero-order valence-electron chi connectivity index (χ0n) is 15.9. The molecule has 0 saturated carbocycles. The van der Waals surface area contributed by atoms with Gasteiger partial charge in [0.1, 0.15) is 17.5 Å². The van der Waals surface area contributed by atoms with Crippen LogP contribution in [0.3, 0.4) is 0 Å². The number of hydrogen-bond donors (Lipinski definition) is 6. The molecule has 6 atom stereocenters. The Morgan fingerprint density at radius 3 is 2.44 bits per heavy atom. The summed E-state index contributed by atoms with van der Waals surface area (Å²) < 4.78 is 66.7. The van der Waals surface area contributed by atoms with Crippen molar-refractivity contribution in [2.45, 2.75) is 24.1 Å². The van der Waals surface area contributed by atoms with Crippen LogP contribution in [-0.2, 0) is 31.6 Å². The molecule has 1 aromatic rings. The van der Waals surface area contributed by atoms with Crippen LogP contribution in [0.15, 0.2) is 17.1 Å². The molecule has 0 bridgehead atoms. The molecule has 1 aromatic heterocycles. The Balaban J connectivity index is 2.24. The molecule has 2 unspecified atom stereocenters. The summed E-state index contributed by atoms with van der Waals surface area (Å²) in [5.74, 6) is -0.430. The zero-order valence-corrected chi connectivity index (χ0v) is 19.4. The molecule has 0 spiro atoms. The van der Waals surface area contributed by atoms with Crippen LogP contribution in [0.5, 0.6) is 0 Å². The maximum Gasteiger partial charge on any atom is 0.490 e. The maximum absolute atomic E-state index is 14.8. The first-order chi connectivity index (χ1) is 14.5. The molecule has 7 N–H and O–H groups in total. The lowest BCUT2D eigenvalue weighted by molar-refractivity contribution is -0.112. The average Bonchev–Trinajstić information content (AvgIpc) is 2.83. The lowest BCUT2D eigenvalue weighted by Crippen LogP contribution is -2.48. The number of aliphatic hydroxyl groups excluding tert-OH is 1. The molecule has 0 aliphatic carbocycles. The van der Waals surface area contributed by atoms with E-state index in [4.69, 9.17) is 20.3 Å². The average molecular weight is 545 g/mol. The molecular weight excluding hydrogens is 526 g/mol. The summed E-state index contributed by atoms with van der Waals surface area (Å²) in [6.07, 6.45) is -3.49. The van der Waals surface area contributed by atoms with Gasteiger partial charge in [-0.15, -0.1) is 0 Å². The van der Waals surface area contributed by atoms with Crippen molar-refractivity contribution in [2.75, 3.05) is 24.3 Å². The van der Waals surface area contributed by atoms with Crippen LogP contribution in [0.1, 0.15) is 6.23 Å². The monoisotopic (exact) mass is 545 g/mol. The molecular formula is C11H19FN3O13P3S. The number of halogens is 1. The summed E-state index contributed by atoms with van der Waals surface area (Å²) in [6, 6.07) is 1.16. The van der Waals surface area contributed by atoms with Crippen LogP contribution in [0.4, 0.5) is 10.2 Å². The van der Waals surface area contributed by atoms with Crippen molar-refractivity contribution in [2.24, 2.45) is 0 Å². The molecule has 1 saturated heterocycles. The Morgan fingerprint density at radius 1 is 1.28 bits per heavy atom. The van der Waals surface area contributed by atoms with Gasteiger partial charge in [-0.25, -0.2) is 22.9 Å². The second-order valence-electron chi connectivity index (χ2n) is 6.30. The second-order valence-corrected chi connectivity index (χ2v) is 11.6. The molecule has 32 heavy (non-hydrogen) atoms. The van der Waals surface area contributed by atoms with Gasteiger partial charge in [0.05, 0.1) is 6.61 Å². The van der Waals surface area contributed by atoms with E-state index in [0.29, 0.717) is 4.57 Å². The van der Waals surface area contributed by atoms with Crippen LogP contribution < -0.4 is 11.4 Å². The highest BCUT2D eigenvalue weighted by atomic mass is 32.2. The molecule has 1 fully saturated rings. The molecule has 1 aliphatic heterocycles. The predicted molar refractivity (Wildman–Crippen MR) is 105 cm³/mol. The number of nitrogens with two attached hydrogens (primary N) is 1. The van der Waals surface area contributed by atoms with E-state index in [1.54, 1.807) is 0 Å².